The van der Waals surface area contributed by atoms with Crippen molar-refractivity contribution in [3.8, 4) is 5.75 Å². The number of rotatable bonds is 5. The number of nitrogens with zero attached hydrogens (tertiary/aromatic N) is 1. The maximum atomic E-state index is 12.2. The fourth-order valence-electron chi connectivity index (χ4n) is 1.89. The molecule has 23 heavy (non-hydrogen) atoms. The average molecular weight is 334 g/mol. The summed E-state index contributed by atoms with van der Waals surface area (Å²) in [6.45, 7) is 5.29. The standard InChI is InChI=1S/C16H18N2O4S/c1-9-6-5-7-12(8-9)22-11(3)14(19)18-16-17-10(2)13(23-16)15(20)21-4/h5-8,11H,1-4H3,(H,17,18,19). The van der Waals surface area contributed by atoms with Gasteiger partial charge in [0.25, 0.3) is 5.91 Å². The molecule has 1 atom stereocenters. The molecular weight excluding hydrogens is 316 g/mol. The molecular formula is C16H18N2O4S. The maximum Gasteiger partial charge on any atom is 0.350 e. The highest BCUT2D eigenvalue weighted by molar-refractivity contribution is 7.17. The van der Waals surface area contributed by atoms with Gasteiger partial charge in [-0.25, -0.2) is 9.78 Å². The van der Waals surface area contributed by atoms with Crippen LogP contribution in [0.25, 0.3) is 0 Å². The molecule has 2 aromatic rings. The number of benzene rings is 1. The van der Waals surface area contributed by atoms with Crippen LogP contribution in [0.2, 0.25) is 0 Å². The van der Waals surface area contributed by atoms with Crippen LogP contribution >= 0.6 is 11.3 Å². The first-order chi connectivity index (χ1) is 10.9. The van der Waals surface area contributed by atoms with Crippen LogP contribution in [-0.4, -0.2) is 30.1 Å². The van der Waals surface area contributed by atoms with Gasteiger partial charge in [0.15, 0.2) is 11.2 Å². The summed E-state index contributed by atoms with van der Waals surface area (Å²) < 4.78 is 10.3. The van der Waals surface area contributed by atoms with Crippen molar-refractivity contribution in [2.45, 2.75) is 26.9 Å². The second-order valence-corrected chi connectivity index (χ2v) is 5.99. The lowest BCUT2D eigenvalue weighted by Gasteiger charge is -2.14. The minimum atomic E-state index is -0.692. The van der Waals surface area contributed by atoms with Crippen LogP contribution in [0, 0.1) is 13.8 Å². The average Bonchev–Trinajstić information content (AvgIpc) is 2.87. The highest BCUT2D eigenvalue weighted by atomic mass is 32.1. The molecule has 0 spiro atoms. The summed E-state index contributed by atoms with van der Waals surface area (Å²) in [6, 6.07) is 7.46. The molecule has 0 radical (unpaired) electrons. The van der Waals surface area contributed by atoms with Gasteiger partial charge >= 0.3 is 5.97 Å². The Labute approximate surface area is 138 Å². The molecule has 0 bridgehead atoms. The Balaban J connectivity index is 2.02. The monoisotopic (exact) mass is 334 g/mol. The zero-order valence-corrected chi connectivity index (χ0v) is 14.2. The van der Waals surface area contributed by atoms with Crippen LogP contribution < -0.4 is 10.1 Å². The molecule has 1 aromatic heterocycles. The van der Waals surface area contributed by atoms with E-state index in [1.807, 2.05) is 25.1 Å². The van der Waals surface area contributed by atoms with E-state index in [4.69, 9.17) is 4.74 Å². The minimum absolute atomic E-state index is 0.336. The van der Waals surface area contributed by atoms with Gasteiger partial charge in [-0.3, -0.25) is 10.1 Å². The number of aryl methyl sites for hydroxylation is 2. The third kappa shape index (κ3) is 4.29. The fourth-order valence-corrected chi connectivity index (χ4v) is 2.77. The fraction of sp³-hybridized carbons (Fsp3) is 0.312. The molecule has 0 aliphatic rings. The first-order valence-corrected chi connectivity index (χ1v) is 7.82. The molecule has 2 rings (SSSR count). The van der Waals surface area contributed by atoms with Crippen LogP contribution in [-0.2, 0) is 9.53 Å². The van der Waals surface area contributed by atoms with E-state index in [2.05, 4.69) is 15.0 Å². The van der Waals surface area contributed by atoms with Gasteiger partial charge in [-0.2, -0.15) is 0 Å². The van der Waals surface area contributed by atoms with Gasteiger partial charge in [0.05, 0.1) is 12.8 Å². The molecule has 7 heteroatoms. The number of ether oxygens (including phenoxy) is 2. The van der Waals surface area contributed by atoms with Crippen molar-refractivity contribution < 1.29 is 19.1 Å². The molecule has 0 saturated carbocycles. The second-order valence-electron chi connectivity index (χ2n) is 4.99. The van der Waals surface area contributed by atoms with Gasteiger partial charge < -0.3 is 9.47 Å². The van der Waals surface area contributed by atoms with E-state index in [9.17, 15) is 9.59 Å². The molecule has 0 aliphatic carbocycles. The summed E-state index contributed by atoms with van der Waals surface area (Å²) in [7, 11) is 1.30. The van der Waals surface area contributed by atoms with E-state index in [-0.39, 0.29) is 5.91 Å². The molecule has 1 aromatic carbocycles. The van der Waals surface area contributed by atoms with E-state index >= 15 is 0 Å². The number of hydrogen-bond acceptors (Lipinski definition) is 6. The van der Waals surface area contributed by atoms with E-state index in [1.54, 1.807) is 19.9 Å². The topological polar surface area (TPSA) is 77.5 Å². The van der Waals surface area contributed by atoms with E-state index in [1.165, 1.54) is 7.11 Å². The Kier molecular flexibility index (Phi) is 5.33. The van der Waals surface area contributed by atoms with Gasteiger partial charge in [-0.1, -0.05) is 23.5 Å². The van der Waals surface area contributed by atoms with Crippen LogP contribution in [0.15, 0.2) is 24.3 Å². The molecule has 6 nitrogen and oxygen atoms in total. The lowest BCUT2D eigenvalue weighted by Crippen LogP contribution is -2.30. The lowest BCUT2D eigenvalue weighted by atomic mass is 10.2. The quantitative estimate of drug-likeness (QED) is 0.851. The second kappa shape index (κ2) is 7.23. The predicted octanol–water partition coefficient (Wildman–Crippen LogP) is 2.95. The molecule has 122 valence electrons. The van der Waals surface area contributed by atoms with Crippen LogP contribution in [0.3, 0.4) is 0 Å². The highest BCUT2D eigenvalue weighted by Crippen LogP contribution is 2.23. The predicted molar refractivity (Wildman–Crippen MR) is 88.1 cm³/mol. The van der Waals surface area contributed by atoms with Crippen molar-refractivity contribution >= 4 is 28.3 Å². The number of amides is 1. The molecule has 0 fully saturated rings. The molecule has 0 saturated heterocycles. The van der Waals surface area contributed by atoms with Gasteiger partial charge in [-0.15, -0.1) is 0 Å². The van der Waals surface area contributed by atoms with Gasteiger partial charge in [0.2, 0.25) is 0 Å². The largest absolute Gasteiger partial charge is 0.481 e. The van der Waals surface area contributed by atoms with Crippen LogP contribution in [0.1, 0.15) is 27.9 Å². The van der Waals surface area contributed by atoms with Crippen molar-refractivity contribution in [3.05, 3.63) is 40.4 Å². The van der Waals surface area contributed by atoms with Gasteiger partial charge in [0, 0.05) is 0 Å². The Morgan fingerprint density at radius 2 is 2.04 bits per heavy atom. The van der Waals surface area contributed by atoms with Gasteiger partial charge in [-0.05, 0) is 38.5 Å². The molecule has 0 aliphatic heterocycles. The molecule has 1 unspecified atom stereocenters. The smallest absolute Gasteiger partial charge is 0.350 e. The zero-order valence-electron chi connectivity index (χ0n) is 13.4. The number of anilines is 1. The number of aromatic nitrogens is 1. The SMILES string of the molecule is COC(=O)c1sc(NC(=O)C(C)Oc2cccc(C)c2)nc1C. The normalized spacial score (nSPS) is 11.7. The number of thiazole rings is 1. The summed E-state index contributed by atoms with van der Waals surface area (Å²) in [4.78, 5) is 28.3. The maximum absolute atomic E-state index is 12.2. The van der Waals surface area contributed by atoms with Crippen molar-refractivity contribution in [1.29, 1.82) is 0 Å². The van der Waals surface area contributed by atoms with Crippen LogP contribution in [0.4, 0.5) is 5.13 Å². The minimum Gasteiger partial charge on any atom is -0.481 e. The first kappa shape index (κ1) is 17.0. The van der Waals surface area contributed by atoms with Crippen molar-refractivity contribution in [2.75, 3.05) is 12.4 Å². The summed E-state index contributed by atoms with van der Waals surface area (Å²) >= 11 is 1.07. The number of methoxy groups -OCH3 is 1. The third-order valence-electron chi connectivity index (χ3n) is 3.07. The van der Waals surface area contributed by atoms with Crippen LogP contribution in [0.5, 0.6) is 5.75 Å². The summed E-state index contributed by atoms with van der Waals surface area (Å²) in [5, 5.41) is 2.99. The number of hydrogen-bond donors (Lipinski definition) is 1. The number of carbonyl (C=O) groups is 2. The number of nitrogens with one attached hydrogen (secondary N) is 1. The summed E-state index contributed by atoms with van der Waals surface area (Å²) in [6.07, 6.45) is -0.692. The molecule has 1 N–H and O–H groups in total. The van der Waals surface area contributed by atoms with Crippen molar-refractivity contribution in [1.82, 2.24) is 4.98 Å². The van der Waals surface area contributed by atoms with Crippen molar-refractivity contribution in [2.24, 2.45) is 0 Å². The Morgan fingerprint density at radius 1 is 1.30 bits per heavy atom. The van der Waals surface area contributed by atoms with E-state index in [0.717, 1.165) is 16.9 Å². The molecule has 1 heterocycles. The van der Waals surface area contributed by atoms with E-state index in [0.29, 0.717) is 21.5 Å². The Hall–Kier alpha value is -2.41. The number of esters is 1. The van der Waals surface area contributed by atoms with Gasteiger partial charge in [0.1, 0.15) is 10.6 Å². The Morgan fingerprint density at radius 3 is 2.70 bits per heavy atom. The lowest BCUT2D eigenvalue weighted by molar-refractivity contribution is -0.122. The zero-order chi connectivity index (χ0) is 17.0. The highest BCUT2D eigenvalue weighted by Gasteiger charge is 2.20. The summed E-state index contributed by atoms with van der Waals surface area (Å²) in [5.74, 6) is -0.181. The summed E-state index contributed by atoms with van der Waals surface area (Å²) in [5.41, 5.74) is 1.57. The number of carbonyl (C=O) groups excluding carboxylic acids is 2. The molecule has 1 amide bonds. The van der Waals surface area contributed by atoms with E-state index < -0.39 is 12.1 Å². The van der Waals surface area contributed by atoms with Crippen molar-refractivity contribution in [3.63, 3.8) is 0 Å². The first-order valence-electron chi connectivity index (χ1n) is 7.00. The Bertz CT molecular complexity index is 727. The third-order valence-corrected chi connectivity index (χ3v) is 4.12.